The fourth-order valence-electron chi connectivity index (χ4n) is 3.26. The standard InChI is InChI=1S/C25H30N2O2S/c1-29-23-11-5-2-8-20(23)14-15-26-16-17-27-18-21-9-3-6-12-24(21)30-25-13-7-4-10-22(25)19-28/h2-13,26-28H,14-19H2,1H3. The summed E-state index contributed by atoms with van der Waals surface area (Å²) in [4.78, 5) is 2.32. The Kier molecular flexibility index (Phi) is 9.25. The average molecular weight is 423 g/mol. The summed E-state index contributed by atoms with van der Waals surface area (Å²) in [5, 5.41) is 16.6. The van der Waals surface area contributed by atoms with E-state index in [4.69, 9.17) is 4.74 Å². The van der Waals surface area contributed by atoms with Crippen molar-refractivity contribution in [2.75, 3.05) is 26.7 Å². The highest BCUT2D eigenvalue weighted by molar-refractivity contribution is 7.99. The number of methoxy groups -OCH3 is 1. The van der Waals surface area contributed by atoms with Gasteiger partial charge in [0.05, 0.1) is 13.7 Å². The molecular formula is C25H30N2O2S. The van der Waals surface area contributed by atoms with Crippen molar-refractivity contribution < 1.29 is 9.84 Å². The molecule has 0 heterocycles. The number of aliphatic hydroxyl groups is 1. The SMILES string of the molecule is COc1ccccc1CCNCCNCc1ccccc1Sc1ccccc1CO. The number of benzene rings is 3. The Morgan fingerprint density at radius 1 is 0.733 bits per heavy atom. The topological polar surface area (TPSA) is 53.5 Å². The molecule has 0 amide bonds. The molecule has 0 atom stereocenters. The molecule has 0 aliphatic rings. The number of hydrogen-bond acceptors (Lipinski definition) is 5. The summed E-state index contributed by atoms with van der Waals surface area (Å²) in [6.45, 7) is 3.62. The van der Waals surface area contributed by atoms with Crippen molar-refractivity contribution in [2.45, 2.75) is 29.4 Å². The minimum Gasteiger partial charge on any atom is -0.496 e. The second-order valence-electron chi connectivity index (χ2n) is 6.96. The van der Waals surface area contributed by atoms with Crippen molar-refractivity contribution in [3.8, 4) is 5.75 Å². The molecule has 0 saturated carbocycles. The lowest BCUT2D eigenvalue weighted by atomic mass is 10.1. The van der Waals surface area contributed by atoms with E-state index in [1.54, 1.807) is 18.9 Å². The van der Waals surface area contributed by atoms with Gasteiger partial charge in [0.1, 0.15) is 5.75 Å². The summed E-state index contributed by atoms with van der Waals surface area (Å²) in [6, 6.07) is 24.6. The van der Waals surface area contributed by atoms with Crippen LogP contribution in [0.5, 0.6) is 5.75 Å². The molecule has 158 valence electrons. The fraction of sp³-hybridized carbons (Fsp3) is 0.280. The summed E-state index contributed by atoms with van der Waals surface area (Å²) in [5.74, 6) is 0.953. The Bertz CT molecular complexity index is 917. The smallest absolute Gasteiger partial charge is 0.122 e. The van der Waals surface area contributed by atoms with E-state index >= 15 is 0 Å². The zero-order chi connectivity index (χ0) is 21.0. The maximum absolute atomic E-state index is 9.57. The maximum Gasteiger partial charge on any atom is 0.122 e. The second kappa shape index (κ2) is 12.4. The van der Waals surface area contributed by atoms with Crippen LogP contribution < -0.4 is 15.4 Å². The number of para-hydroxylation sites is 1. The van der Waals surface area contributed by atoms with Crippen LogP contribution in [-0.2, 0) is 19.6 Å². The Labute approximate surface area is 183 Å². The third-order valence-corrected chi connectivity index (χ3v) is 6.13. The predicted molar refractivity (Wildman–Crippen MR) is 124 cm³/mol. The summed E-state index contributed by atoms with van der Waals surface area (Å²) >= 11 is 1.71. The molecule has 0 aliphatic heterocycles. The van der Waals surface area contributed by atoms with Crippen LogP contribution in [0.2, 0.25) is 0 Å². The van der Waals surface area contributed by atoms with E-state index < -0.39 is 0 Å². The van der Waals surface area contributed by atoms with Crippen molar-refractivity contribution in [1.82, 2.24) is 10.6 Å². The van der Waals surface area contributed by atoms with Crippen LogP contribution in [0.3, 0.4) is 0 Å². The van der Waals surface area contributed by atoms with Gasteiger partial charge in [-0.2, -0.15) is 0 Å². The quantitative estimate of drug-likeness (QED) is 0.381. The van der Waals surface area contributed by atoms with E-state index in [0.717, 1.165) is 48.8 Å². The first-order valence-corrected chi connectivity index (χ1v) is 11.1. The van der Waals surface area contributed by atoms with Crippen LogP contribution in [0.1, 0.15) is 16.7 Å². The van der Waals surface area contributed by atoms with Crippen LogP contribution in [-0.4, -0.2) is 31.9 Å². The number of nitrogens with one attached hydrogen (secondary N) is 2. The third kappa shape index (κ3) is 6.61. The molecule has 0 spiro atoms. The summed E-state index contributed by atoms with van der Waals surface area (Å²) in [6.07, 6.45) is 0.952. The van der Waals surface area contributed by atoms with Gasteiger partial charge in [0.15, 0.2) is 0 Å². The lowest BCUT2D eigenvalue weighted by Crippen LogP contribution is -2.28. The van der Waals surface area contributed by atoms with Gasteiger partial charge in [-0.15, -0.1) is 0 Å². The second-order valence-corrected chi connectivity index (χ2v) is 8.05. The van der Waals surface area contributed by atoms with Crippen molar-refractivity contribution >= 4 is 11.8 Å². The molecule has 3 N–H and O–H groups in total. The summed E-state index contributed by atoms with van der Waals surface area (Å²) < 4.78 is 5.40. The van der Waals surface area contributed by atoms with Gasteiger partial charge < -0.3 is 20.5 Å². The zero-order valence-electron chi connectivity index (χ0n) is 17.4. The first-order chi connectivity index (χ1) is 14.8. The molecule has 0 aromatic heterocycles. The Morgan fingerprint density at radius 3 is 2.07 bits per heavy atom. The van der Waals surface area contributed by atoms with Gasteiger partial charge in [0.2, 0.25) is 0 Å². The molecule has 3 aromatic carbocycles. The lowest BCUT2D eigenvalue weighted by Gasteiger charge is -2.13. The molecule has 3 aromatic rings. The van der Waals surface area contributed by atoms with Gasteiger partial charge in [-0.3, -0.25) is 0 Å². The van der Waals surface area contributed by atoms with E-state index in [2.05, 4.69) is 47.0 Å². The molecule has 0 unspecified atom stereocenters. The van der Waals surface area contributed by atoms with Crippen molar-refractivity contribution in [2.24, 2.45) is 0 Å². The number of aliphatic hydroxyl groups excluding tert-OH is 1. The molecule has 0 bridgehead atoms. The Balaban J connectivity index is 1.42. The molecule has 0 aliphatic carbocycles. The molecular weight excluding hydrogens is 392 g/mol. The Hall–Kier alpha value is -2.31. The maximum atomic E-state index is 9.57. The van der Waals surface area contributed by atoms with Crippen LogP contribution in [0.4, 0.5) is 0 Å². The largest absolute Gasteiger partial charge is 0.496 e. The normalized spacial score (nSPS) is 10.9. The molecule has 0 saturated heterocycles. The molecule has 4 nitrogen and oxygen atoms in total. The van der Waals surface area contributed by atoms with E-state index in [1.807, 2.05) is 36.4 Å². The lowest BCUT2D eigenvalue weighted by molar-refractivity contribution is 0.279. The minimum atomic E-state index is 0.0596. The van der Waals surface area contributed by atoms with Crippen LogP contribution >= 0.6 is 11.8 Å². The van der Waals surface area contributed by atoms with Crippen molar-refractivity contribution in [3.05, 3.63) is 89.5 Å². The number of hydrogen-bond donors (Lipinski definition) is 3. The van der Waals surface area contributed by atoms with E-state index in [0.29, 0.717) is 0 Å². The van der Waals surface area contributed by atoms with Gasteiger partial charge in [-0.1, -0.05) is 66.4 Å². The Morgan fingerprint density at radius 2 is 1.33 bits per heavy atom. The fourth-order valence-corrected chi connectivity index (χ4v) is 4.32. The first-order valence-electron chi connectivity index (χ1n) is 10.3. The van der Waals surface area contributed by atoms with Gasteiger partial charge in [-0.25, -0.2) is 0 Å². The number of rotatable bonds is 12. The van der Waals surface area contributed by atoms with Crippen molar-refractivity contribution in [1.29, 1.82) is 0 Å². The number of ether oxygens (including phenoxy) is 1. The van der Waals surface area contributed by atoms with E-state index in [-0.39, 0.29) is 6.61 Å². The first kappa shape index (κ1) is 22.4. The molecule has 3 rings (SSSR count). The molecule has 0 radical (unpaired) electrons. The van der Waals surface area contributed by atoms with E-state index in [9.17, 15) is 5.11 Å². The van der Waals surface area contributed by atoms with Crippen LogP contribution in [0.25, 0.3) is 0 Å². The average Bonchev–Trinajstić information content (AvgIpc) is 2.80. The predicted octanol–water partition coefficient (Wildman–Crippen LogP) is 4.26. The molecule has 0 fully saturated rings. The van der Waals surface area contributed by atoms with Gasteiger partial charge in [0, 0.05) is 29.4 Å². The summed E-state index contributed by atoms with van der Waals surface area (Å²) in [7, 11) is 1.72. The highest BCUT2D eigenvalue weighted by Crippen LogP contribution is 2.32. The van der Waals surface area contributed by atoms with Gasteiger partial charge in [-0.05, 0) is 47.9 Å². The van der Waals surface area contributed by atoms with E-state index in [1.165, 1.54) is 16.0 Å². The summed E-state index contributed by atoms with van der Waals surface area (Å²) in [5.41, 5.74) is 3.46. The monoisotopic (exact) mass is 422 g/mol. The molecule has 30 heavy (non-hydrogen) atoms. The molecule has 5 heteroatoms. The highest BCUT2D eigenvalue weighted by atomic mass is 32.2. The van der Waals surface area contributed by atoms with Crippen LogP contribution in [0, 0.1) is 0 Å². The van der Waals surface area contributed by atoms with Gasteiger partial charge in [0.25, 0.3) is 0 Å². The van der Waals surface area contributed by atoms with Crippen LogP contribution in [0.15, 0.2) is 82.6 Å². The highest BCUT2D eigenvalue weighted by Gasteiger charge is 2.07. The third-order valence-electron chi connectivity index (χ3n) is 4.89. The van der Waals surface area contributed by atoms with Gasteiger partial charge >= 0.3 is 0 Å². The van der Waals surface area contributed by atoms with Crippen molar-refractivity contribution in [3.63, 3.8) is 0 Å². The minimum absolute atomic E-state index is 0.0596. The zero-order valence-corrected chi connectivity index (χ0v) is 18.3.